The molecule has 0 aliphatic heterocycles. The van der Waals surface area contributed by atoms with Gasteiger partial charge in [0, 0.05) is 18.9 Å². The molecule has 0 aliphatic carbocycles. The molecule has 4 rings (SSSR count). The molecule has 0 unspecified atom stereocenters. The standard InChI is InChI=1S/C23H20N2O3S2/c1-15-3-6-20(11-16(15)2)30(27,28)19-7-4-17(5-8-19)13-25-23(26)21-12-18-9-10-24-14-22(18)29-21/h3-12,14H,13H2,1-2H3,(H,25,26). The van der Waals surface area contributed by atoms with Gasteiger partial charge in [0.15, 0.2) is 0 Å². The number of fused-ring (bicyclic) bond motifs is 1. The van der Waals surface area contributed by atoms with Crippen molar-refractivity contribution in [3.8, 4) is 0 Å². The number of pyridine rings is 1. The molecule has 0 fully saturated rings. The fourth-order valence-corrected chi connectivity index (χ4v) is 5.36. The number of carbonyl (C=O) groups excluding carboxylic acids is 1. The molecule has 0 bridgehead atoms. The van der Waals surface area contributed by atoms with Crippen LogP contribution >= 0.6 is 11.3 Å². The van der Waals surface area contributed by atoms with Crippen molar-refractivity contribution in [1.29, 1.82) is 0 Å². The lowest BCUT2D eigenvalue weighted by Gasteiger charge is -2.09. The van der Waals surface area contributed by atoms with Crippen molar-refractivity contribution in [2.24, 2.45) is 0 Å². The van der Waals surface area contributed by atoms with Crippen LogP contribution in [0, 0.1) is 13.8 Å². The normalized spacial score (nSPS) is 11.5. The first-order chi connectivity index (χ1) is 14.3. The first kappa shape index (κ1) is 20.3. The predicted molar refractivity (Wildman–Crippen MR) is 119 cm³/mol. The maximum atomic E-state index is 12.9. The van der Waals surface area contributed by atoms with Crippen LogP contribution in [-0.4, -0.2) is 19.3 Å². The third-order valence-electron chi connectivity index (χ3n) is 5.02. The molecule has 0 atom stereocenters. The molecule has 152 valence electrons. The Labute approximate surface area is 179 Å². The van der Waals surface area contributed by atoms with Gasteiger partial charge < -0.3 is 5.32 Å². The highest BCUT2D eigenvalue weighted by Crippen LogP contribution is 2.25. The van der Waals surface area contributed by atoms with Crippen molar-refractivity contribution in [2.75, 3.05) is 0 Å². The second-order valence-electron chi connectivity index (χ2n) is 7.10. The van der Waals surface area contributed by atoms with E-state index in [1.807, 2.05) is 32.0 Å². The summed E-state index contributed by atoms with van der Waals surface area (Å²) in [5.74, 6) is -0.164. The van der Waals surface area contributed by atoms with E-state index in [9.17, 15) is 13.2 Å². The molecule has 4 aromatic rings. The SMILES string of the molecule is Cc1ccc(S(=O)(=O)c2ccc(CNC(=O)c3cc4ccncc4s3)cc2)cc1C. The molecule has 1 N–H and O–H groups in total. The highest BCUT2D eigenvalue weighted by molar-refractivity contribution is 7.91. The average molecular weight is 437 g/mol. The van der Waals surface area contributed by atoms with Gasteiger partial charge in [0.05, 0.1) is 19.4 Å². The van der Waals surface area contributed by atoms with Gasteiger partial charge in [0.2, 0.25) is 9.84 Å². The van der Waals surface area contributed by atoms with Gasteiger partial charge in [0.1, 0.15) is 0 Å². The van der Waals surface area contributed by atoms with E-state index in [-0.39, 0.29) is 15.7 Å². The molecule has 7 heteroatoms. The van der Waals surface area contributed by atoms with Gasteiger partial charge in [-0.25, -0.2) is 8.42 Å². The number of thiophene rings is 1. The minimum atomic E-state index is -3.58. The third-order valence-corrected chi connectivity index (χ3v) is 7.87. The minimum Gasteiger partial charge on any atom is -0.347 e. The van der Waals surface area contributed by atoms with E-state index >= 15 is 0 Å². The van der Waals surface area contributed by atoms with Crippen molar-refractivity contribution >= 4 is 37.2 Å². The number of hydrogen-bond donors (Lipinski definition) is 1. The van der Waals surface area contributed by atoms with Gasteiger partial charge in [-0.15, -0.1) is 11.3 Å². The summed E-state index contributed by atoms with van der Waals surface area (Å²) in [4.78, 5) is 17.6. The maximum Gasteiger partial charge on any atom is 0.261 e. The van der Waals surface area contributed by atoms with Gasteiger partial charge in [0.25, 0.3) is 5.91 Å². The molecule has 2 heterocycles. The zero-order valence-electron chi connectivity index (χ0n) is 16.5. The van der Waals surface area contributed by atoms with E-state index in [0.717, 1.165) is 26.8 Å². The summed E-state index contributed by atoms with van der Waals surface area (Å²) in [6.45, 7) is 4.16. The summed E-state index contributed by atoms with van der Waals surface area (Å²) in [5.41, 5.74) is 2.81. The molecular formula is C23H20N2O3S2. The van der Waals surface area contributed by atoms with E-state index < -0.39 is 9.84 Å². The van der Waals surface area contributed by atoms with Crippen LogP contribution in [0.5, 0.6) is 0 Å². The number of hydrogen-bond acceptors (Lipinski definition) is 5. The van der Waals surface area contributed by atoms with E-state index in [1.54, 1.807) is 48.8 Å². The Balaban J connectivity index is 1.46. The molecule has 1 amide bonds. The molecule has 0 radical (unpaired) electrons. The topological polar surface area (TPSA) is 76.1 Å². The molecule has 2 aromatic carbocycles. The van der Waals surface area contributed by atoms with Crippen LogP contribution in [-0.2, 0) is 16.4 Å². The van der Waals surface area contributed by atoms with E-state index in [4.69, 9.17) is 0 Å². The lowest BCUT2D eigenvalue weighted by atomic mass is 10.1. The molecule has 30 heavy (non-hydrogen) atoms. The van der Waals surface area contributed by atoms with Crippen LogP contribution in [0.2, 0.25) is 0 Å². The summed E-state index contributed by atoms with van der Waals surface area (Å²) in [7, 11) is -3.58. The van der Waals surface area contributed by atoms with Crippen LogP contribution in [0.4, 0.5) is 0 Å². The molecule has 0 saturated carbocycles. The highest BCUT2D eigenvalue weighted by atomic mass is 32.2. The Kier molecular flexibility index (Phi) is 5.40. The lowest BCUT2D eigenvalue weighted by molar-refractivity contribution is 0.0955. The zero-order valence-corrected chi connectivity index (χ0v) is 18.2. The first-order valence-electron chi connectivity index (χ1n) is 9.37. The van der Waals surface area contributed by atoms with Gasteiger partial charge >= 0.3 is 0 Å². The number of nitrogens with zero attached hydrogens (tertiary/aromatic N) is 1. The van der Waals surface area contributed by atoms with Gasteiger partial charge in [-0.3, -0.25) is 9.78 Å². The summed E-state index contributed by atoms with van der Waals surface area (Å²) in [6, 6.07) is 15.5. The Hall–Kier alpha value is -3.03. The highest BCUT2D eigenvalue weighted by Gasteiger charge is 2.18. The average Bonchev–Trinajstić information content (AvgIpc) is 3.18. The number of rotatable bonds is 5. The van der Waals surface area contributed by atoms with Crippen molar-refractivity contribution in [3.63, 3.8) is 0 Å². The Morgan fingerprint density at radius 2 is 1.70 bits per heavy atom. The molecular weight excluding hydrogens is 416 g/mol. The van der Waals surface area contributed by atoms with Crippen LogP contribution < -0.4 is 5.32 Å². The molecule has 0 saturated heterocycles. The van der Waals surface area contributed by atoms with E-state index in [0.29, 0.717) is 11.4 Å². The predicted octanol–water partition coefficient (Wildman–Crippen LogP) is 4.68. The number of aryl methyl sites for hydroxylation is 2. The number of amides is 1. The maximum absolute atomic E-state index is 12.9. The van der Waals surface area contributed by atoms with Crippen molar-refractivity contribution in [3.05, 3.63) is 88.6 Å². The van der Waals surface area contributed by atoms with Crippen molar-refractivity contribution in [1.82, 2.24) is 10.3 Å². The zero-order chi connectivity index (χ0) is 21.3. The lowest BCUT2D eigenvalue weighted by Crippen LogP contribution is -2.21. The second-order valence-corrected chi connectivity index (χ2v) is 10.1. The van der Waals surface area contributed by atoms with Crippen LogP contribution in [0.3, 0.4) is 0 Å². The number of carbonyl (C=O) groups is 1. The van der Waals surface area contributed by atoms with Crippen LogP contribution in [0.15, 0.2) is 76.8 Å². The molecule has 2 aromatic heterocycles. The van der Waals surface area contributed by atoms with E-state index in [2.05, 4.69) is 10.3 Å². The minimum absolute atomic E-state index is 0.164. The quantitative estimate of drug-likeness (QED) is 0.493. The number of benzene rings is 2. The fourth-order valence-electron chi connectivity index (χ4n) is 3.07. The van der Waals surface area contributed by atoms with Crippen molar-refractivity contribution in [2.45, 2.75) is 30.2 Å². The summed E-state index contributed by atoms with van der Waals surface area (Å²) >= 11 is 1.39. The van der Waals surface area contributed by atoms with Gasteiger partial charge in [-0.2, -0.15) is 0 Å². The smallest absolute Gasteiger partial charge is 0.261 e. The number of sulfone groups is 1. The molecule has 5 nitrogen and oxygen atoms in total. The van der Waals surface area contributed by atoms with Crippen molar-refractivity contribution < 1.29 is 13.2 Å². The summed E-state index contributed by atoms with van der Waals surface area (Å²) in [6.07, 6.45) is 3.44. The molecule has 0 spiro atoms. The fraction of sp³-hybridized carbons (Fsp3) is 0.130. The van der Waals surface area contributed by atoms with Gasteiger partial charge in [-0.1, -0.05) is 18.2 Å². The third kappa shape index (κ3) is 3.99. The first-order valence-corrected chi connectivity index (χ1v) is 11.7. The van der Waals surface area contributed by atoms with E-state index in [1.165, 1.54) is 11.3 Å². The Morgan fingerprint density at radius 3 is 2.40 bits per heavy atom. The molecule has 0 aliphatic rings. The van der Waals surface area contributed by atoms with Crippen LogP contribution in [0.25, 0.3) is 10.1 Å². The summed E-state index contributed by atoms with van der Waals surface area (Å²) < 4.78 is 26.7. The number of aromatic nitrogens is 1. The largest absolute Gasteiger partial charge is 0.347 e. The second kappa shape index (κ2) is 8.01. The van der Waals surface area contributed by atoms with Gasteiger partial charge in [-0.05, 0) is 72.3 Å². The Morgan fingerprint density at radius 1 is 0.967 bits per heavy atom. The summed E-state index contributed by atoms with van der Waals surface area (Å²) in [5, 5.41) is 3.87. The monoisotopic (exact) mass is 436 g/mol. The Bertz CT molecular complexity index is 1310. The van der Waals surface area contributed by atoms with Crippen LogP contribution in [0.1, 0.15) is 26.4 Å². The number of nitrogens with one attached hydrogen (secondary N) is 1.